The fourth-order valence-corrected chi connectivity index (χ4v) is 2.86. The Kier molecular flexibility index (Phi) is 4.23. The molecule has 0 saturated heterocycles. The average Bonchev–Trinajstić information content (AvgIpc) is 2.47. The lowest BCUT2D eigenvalue weighted by Crippen LogP contribution is -2.68. The molecule has 0 radical (unpaired) electrons. The fraction of sp³-hybridized carbons (Fsp3) is 0.625. The summed E-state index contributed by atoms with van der Waals surface area (Å²) in [5.74, 6) is 0.602. The first-order valence-electron chi connectivity index (χ1n) is 7.16. The monoisotopic (exact) mass is 292 g/mol. The zero-order valence-corrected chi connectivity index (χ0v) is 13.4. The van der Waals surface area contributed by atoms with Crippen LogP contribution in [0.4, 0.5) is 0 Å². The van der Waals surface area contributed by atoms with Crippen molar-refractivity contribution < 1.29 is 14.3 Å². The molecular formula is C16H24N2O3. The van der Waals surface area contributed by atoms with Gasteiger partial charge in [0.2, 0.25) is 5.91 Å². The van der Waals surface area contributed by atoms with E-state index in [1.807, 2.05) is 6.07 Å². The van der Waals surface area contributed by atoms with Crippen LogP contribution in [-0.4, -0.2) is 36.8 Å². The van der Waals surface area contributed by atoms with Gasteiger partial charge in [-0.1, -0.05) is 13.8 Å². The van der Waals surface area contributed by atoms with Gasteiger partial charge in [-0.2, -0.15) is 0 Å². The Labute approximate surface area is 126 Å². The maximum atomic E-state index is 12.2. The van der Waals surface area contributed by atoms with E-state index >= 15 is 0 Å². The number of hydrogen-bond acceptors (Lipinski definition) is 4. The number of rotatable bonds is 5. The van der Waals surface area contributed by atoms with Gasteiger partial charge in [-0.3, -0.25) is 9.78 Å². The zero-order chi connectivity index (χ0) is 15.7. The van der Waals surface area contributed by atoms with Crippen LogP contribution in [0.25, 0.3) is 0 Å². The van der Waals surface area contributed by atoms with Crippen LogP contribution in [0.2, 0.25) is 0 Å². The number of methoxy groups -OCH3 is 2. The third-order valence-electron chi connectivity index (χ3n) is 5.01. The summed E-state index contributed by atoms with van der Waals surface area (Å²) < 4.78 is 10.8. The van der Waals surface area contributed by atoms with E-state index in [-0.39, 0.29) is 29.4 Å². The smallest absolute Gasteiger partial charge is 0.226 e. The van der Waals surface area contributed by atoms with Crippen LogP contribution in [0.15, 0.2) is 18.3 Å². The summed E-state index contributed by atoms with van der Waals surface area (Å²) in [6.45, 7) is 6.32. The van der Waals surface area contributed by atoms with E-state index in [0.717, 1.165) is 6.42 Å². The Bertz CT molecular complexity index is 530. The van der Waals surface area contributed by atoms with Gasteiger partial charge in [-0.15, -0.1) is 0 Å². The molecule has 1 aromatic rings. The second kappa shape index (κ2) is 5.64. The van der Waals surface area contributed by atoms with Gasteiger partial charge in [0.1, 0.15) is 5.75 Å². The average molecular weight is 292 g/mol. The van der Waals surface area contributed by atoms with Gasteiger partial charge in [0, 0.05) is 24.8 Å². The van der Waals surface area contributed by atoms with Crippen LogP contribution < -0.4 is 10.1 Å². The predicted octanol–water partition coefficient (Wildman–Crippen LogP) is 1.95. The van der Waals surface area contributed by atoms with Crippen LogP contribution in [0, 0.1) is 5.41 Å². The summed E-state index contributed by atoms with van der Waals surface area (Å²) >= 11 is 0. The molecule has 0 aromatic carbocycles. The lowest BCUT2D eigenvalue weighted by molar-refractivity contribution is -0.182. The van der Waals surface area contributed by atoms with Gasteiger partial charge in [0.05, 0.1) is 24.8 Å². The highest BCUT2D eigenvalue weighted by Gasteiger charge is 2.58. The zero-order valence-electron chi connectivity index (χ0n) is 13.4. The van der Waals surface area contributed by atoms with Gasteiger partial charge < -0.3 is 14.8 Å². The SMILES string of the molecule is COc1cccnc1CC(=O)N[C@@H]1C[C@@](C)(OC)C1(C)C. The molecule has 21 heavy (non-hydrogen) atoms. The number of hydrogen-bond donors (Lipinski definition) is 1. The molecule has 116 valence electrons. The molecule has 0 aliphatic heterocycles. The van der Waals surface area contributed by atoms with E-state index in [9.17, 15) is 4.79 Å². The molecular weight excluding hydrogens is 268 g/mol. The topological polar surface area (TPSA) is 60.5 Å². The molecule has 1 aliphatic rings. The van der Waals surface area contributed by atoms with E-state index in [2.05, 4.69) is 31.1 Å². The normalized spacial score (nSPS) is 26.8. The second-order valence-corrected chi connectivity index (χ2v) is 6.31. The molecule has 1 N–H and O–H groups in total. The Morgan fingerprint density at radius 1 is 1.43 bits per heavy atom. The van der Waals surface area contributed by atoms with Crippen molar-refractivity contribution in [2.24, 2.45) is 5.41 Å². The number of aromatic nitrogens is 1. The molecule has 2 rings (SSSR count). The quantitative estimate of drug-likeness (QED) is 0.901. The molecule has 1 amide bonds. The summed E-state index contributed by atoms with van der Waals surface area (Å²) in [4.78, 5) is 16.4. The predicted molar refractivity (Wildman–Crippen MR) is 80.2 cm³/mol. The second-order valence-electron chi connectivity index (χ2n) is 6.31. The summed E-state index contributed by atoms with van der Waals surface area (Å²) in [7, 11) is 3.30. The number of amides is 1. The molecule has 1 aromatic heterocycles. The Balaban J connectivity index is 1.98. The molecule has 0 bridgehead atoms. The summed E-state index contributed by atoms with van der Waals surface area (Å²) in [5, 5.41) is 3.08. The molecule has 1 fully saturated rings. The summed E-state index contributed by atoms with van der Waals surface area (Å²) in [5.41, 5.74) is 0.378. The van der Waals surface area contributed by atoms with E-state index < -0.39 is 0 Å². The van der Waals surface area contributed by atoms with Crippen molar-refractivity contribution >= 4 is 5.91 Å². The number of nitrogens with zero attached hydrogens (tertiary/aromatic N) is 1. The van der Waals surface area contributed by atoms with E-state index in [1.165, 1.54) is 0 Å². The number of carbonyl (C=O) groups is 1. The molecule has 1 aliphatic carbocycles. The maximum Gasteiger partial charge on any atom is 0.226 e. The van der Waals surface area contributed by atoms with E-state index in [1.54, 1.807) is 26.5 Å². The maximum absolute atomic E-state index is 12.2. The Morgan fingerprint density at radius 2 is 2.14 bits per heavy atom. The minimum absolute atomic E-state index is 0.0387. The minimum Gasteiger partial charge on any atom is -0.495 e. The van der Waals surface area contributed by atoms with Crippen LogP contribution in [0.5, 0.6) is 5.75 Å². The molecule has 0 spiro atoms. The first-order valence-corrected chi connectivity index (χ1v) is 7.16. The number of ether oxygens (including phenoxy) is 2. The van der Waals surface area contributed by atoms with Gasteiger partial charge in [0.25, 0.3) is 0 Å². The van der Waals surface area contributed by atoms with E-state index in [0.29, 0.717) is 11.4 Å². The van der Waals surface area contributed by atoms with Crippen molar-refractivity contribution in [3.05, 3.63) is 24.0 Å². The highest BCUT2D eigenvalue weighted by Crippen LogP contribution is 2.51. The third kappa shape index (κ3) is 2.75. The molecule has 0 unspecified atom stereocenters. The summed E-state index contributed by atoms with van der Waals surface area (Å²) in [6.07, 6.45) is 2.71. The lowest BCUT2D eigenvalue weighted by atomic mass is 9.56. The van der Waals surface area contributed by atoms with Crippen molar-refractivity contribution in [3.63, 3.8) is 0 Å². The van der Waals surface area contributed by atoms with Crippen LogP contribution >= 0.6 is 0 Å². The first kappa shape index (κ1) is 15.8. The van der Waals surface area contributed by atoms with Crippen molar-refractivity contribution in [3.8, 4) is 5.75 Å². The van der Waals surface area contributed by atoms with Crippen LogP contribution in [-0.2, 0) is 16.0 Å². The fourth-order valence-electron chi connectivity index (χ4n) is 2.86. The van der Waals surface area contributed by atoms with Gasteiger partial charge >= 0.3 is 0 Å². The molecule has 2 atom stereocenters. The Hall–Kier alpha value is -1.62. The molecule has 5 heteroatoms. The van der Waals surface area contributed by atoms with Crippen molar-refractivity contribution in [2.45, 2.75) is 45.3 Å². The molecule has 1 heterocycles. The van der Waals surface area contributed by atoms with Crippen LogP contribution in [0.1, 0.15) is 32.9 Å². The molecule has 5 nitrogen and oxygen atoms in total. The van der Waals surface area contributed by atoms with Gasteiger partial charge in [0.15, 0.2) is 0 Å². The highest BCUT2D eigenvalue weighted by molar-refractivity contribution is 5.79. The number of pyridine rings is 1. The first-order chi connectivity index (χ1) is 9.84. The largest absolute Gasteiger partial charge is 0.495 e. The summed E-state index contributed by atoms with van der Waals surface area (Å²) in [6, 6.07) is 3.72. The highest BCUT2D eigenvalue weighted by atomic mass is 16.5. The minimum atomic E-state index is -0.187. The standard InChI is InChI=1S/C16H24N2O3/c1-15(2)13(10-16(15,3)21-5)18-14(19)9-11-12(20-4)7-6-8-17-11/h6-8,13H,9-10H2,1-5H3,(H,18,19)/t13-,16-/m1/s1. The van der Waals surface area contributed by atoms with Gasteiger partial charge in [-0.25, -0.2) is 0 Å². The van der Waals surface area contributed by atoms with Crippen molar-refractivity contribution in [1.29, 1.82) is 0 Å². The number of nitrogens with one attached hydrogen (secondary N) is 1. The van der Waals surface area contributed by atoms with Crippen LogP contribution in [0.3, 0.4) is 0 Å². The van der Waals surface area contributed by atoms with Crippen molar-refractivity contribution in [2.75, 3.05) is 14.2 Å². The molecule has 1 saturated carbocycles. The Morgan fingerprint density at radius 3 is 2.71 bits per heavy atom. The lowest BCUT2D eigenvalue weighted by Gasteiger charge is -2.59. The number of carbonyl (C=O) groups excluding carboxylic acids is 1. The van der Waals surface area contributed by atoms with E-state index in [4.69, 9.17) is 9.47 Å². The third-order valence-corrected chi connectivity index (χ3v) is 5.01. The van der Waals surface area contributed by atoms with Crippen molar-refractivity contribution in [1.82, 2.24) is 10.3 Å². The van der Waals surface area contributed by atoms with Gasteiger partial charge in [-0.05, 0) is 25.5 Å².